The van der Waals surface area contributed by atoms with Gasteiger partial charge in [-0.3, -0.25) is 0 Å². The van der Waals surface area contributed by atoms with Gasteiger partial charge >= 0.3 is 0 Å². The van der Waals surface area contributed by atoms with Crippen LogP contribution in [-0.2, 0) is 0 Å². The molecule has 2 rings (SSSR count). The fourth-order valence-corrected chi connectivity index (χ4v) is 2.29. The van der Waals surface area contributed by atoms with Crippen LogP contribution in [0.5, 0.6) is 5.88 Å². The number of nitrogens with two attached hydrogens (primary N) is 1. The van der Waals surface area contributed by atoms with Crippen LogP contribution < -0.4 is 10.5 Å². The molecule has 18 heavy (non-hydrogen) atoms. The summed E-state index contributed by atoms with van der Waals surface area (Å²) in [6.07, 6.45) is 3.80. The third kappa shape index (κ3) is 2.90. The van der Waals surface area contributed by atoms with Gasteiger partial charge in [0.15, 0.2) is 0 Å². The van der Waals surface area contributed by atoms with E-state index in [1.165, 1.54) is 6.33 Å². The topological polar surface area (TPSA) is 64.3 Å². The minimum atomic E-state index is 0.244. The number of nitrogen functional groups attached to an aromatic ring is 1. The standard InChI is InChI=1S/C13H22N4O/c1-9(2)11-12(14)15-8-16-13(11)18-10-4-6-17(3)7-5-10/h8-10H,4-7H2,1-3H3,(H2,14,15,16). The SMILES string of the molecule is CC(C)c1c(N)ncnc1OC1CCN(C)CC1. The first-order valence-electron chi connectivity index (χ1n) is 6.53. The zero-order valence-electron chi connectivity index (χ0n) is 11.4. The van der Waals surface area contributed by atoms with E-state index in [-0.39, 0.29) is 12.0 Å². The zero-order chi connectivity index (χ0) is 13.1. The highest BCUT2D eigenvalue weighted by Crippen LogP contribution is 2.29. The molecule has 5 nitrogen and oxygen atoms in total. The fourth-order valence-electron chi connectivity index (χ4n) is 2.29. The summed E-state index contributed by atoms with van der Waals surface area (Å²) in [6, 6.07) is 0. The molecule has 1 saturated heterocycles. The van der Waals surface area contributed by atoms with Gasteiger partial charge in [0.25, 0.3) is 0 Å². The van der Waals surface area contributed by atoms with Gasteiger partial charge in [0.1, 0.15) is 18.2 Å². The van der Waals surface area contributed by atoms with Gasteiger partial charge in [0.05, 0.1) is 5.56 Å². The predicted molar refractivity (Wildman–Crippen MR) is 71.7 cm³/mol. The van der Waals surface area contributed by atoms with Crippen LogP contribution in [0.15, 0.2) is 6.33 Å². The maximum Gasteiger partial charge on any atom is 0.222 e. The molecule has 0 bridgehead atoms. The van der Waals surface area contributed by atoms with E-state index in [2.05, 4.69) is 35.8 Å². The summed E-state index contributed by atoms with van der Waals surface area (Å²) in [5.74, 6) is 1.46. The van der Waals surface area contributed by atoms with Crippen LogP contribution in [0.2, 0.25) is 0 Å². The lowest BCUT2D eigenvalue weighted by molar-refractivity contribution is 0.108. The average Bonchev–Trinajstić information content (AvgIpc) is 2.32. The average molecular weight is 250 g/mol. The van der Waals surface area contributed by atoms with Gasteiger partial charge in [0, 0.05) is 13.1 Å². The van der Waals surface area contributed by atoms with E-state index in [4.69, 9.17) is 10.5 Å². The number of piperidine rings is 1. The van der Waals surface area contributed by atoms with Crippen molar-refractivity contribution in [1.29, 1.82) is 0 Å². The zero-order valence-corrected chi connectivity index (χ0v) is 11.4. The third-order valence-electron chi connectivity index (χ3n) is 3.40. The molecule has 1 aliphatic rings. The Bertz CT molecular complexity index is 400. The lowest BCUT2D eigenvalue weighted by Gasteiger charge is -2.29. The molecule has 0 unspecified atom stereocenters. The quantitative estimate of drug-likeness (QED) is 0.883. The summed E-state index contributed by atoms with van der Waals surface area (Å²) in [7, 11) is 2.14. The second-order valence-electron chi connectivity index (χ2n) is 5.25. The Morgan fingerprint density at radius 2 is 2.00 bits per heavy atom. The smallest absolute Gasteiger partial charge is 0.222 e. The molecule has 1 aromatic rings. The highest BCUT2D eigenvalue weighted by Gasteiger charge is 2.21. The Labute approximate surface area is 108 Å². The summed E-state index contributed by atoms with van der Waals surface area (Å²) in [4.78, 5) is 10.6. The first-order chi connectivity index (χ1) is 8.58. The van der Waals surface area contributed by atoms with Gasteiger partial charge in [-0.1, -0.05) is 13.8 Å². The molecule has 0 saturated carbocycles. The molecule has 2 heterocycles. The van der Waals surface area contributed by atoms with E-state index in [1.807, 2.05) is 0 Å². The number of nitrogens with zero attached hydrogens (tertiary/aromatic N) is 3. The number of anilines is 1. The normalized spacial score (nSPS) is 18.2. The second-order valence-corrected chi connectivity index (χ2v) is 5.25. The van der Waals surface area contributed by atoms with Crippen molar-refractivity contribution in [2.45, 2.75) is 38.7 Å². The van der Waals surface area contributed by atoms with E-state index in [9.17, 15) is 0 Å². The van der Waals surface area contributed by atoms with Crippen molar-refractivity contribution in [3.63, 3.8) is 0 Å². The number of likely N-dealkylation sites (tertiary alicyclic amines) is 1. The van der Waals surface area contributed by atoms with Crippen molar-refractivity contribution in [1.82, 2.24) is 14.9 Å². The first-order valence-corrected chi connectivity index (χ1v) is 6.53. The van der Waals surface area contributed by atoms with Crippen LogP contribution >= 0.6 is 0 Å². The molecule has 0 amide bonds. The van der Waals surface area contributed by atoms with Gasteiger partial charge in [-0.2, -0.15) is 0 Å². The molecule has 0 aliphatic carbocycles. The van der Waals surface area contributed by atoms with E-state index < -0.39 is 0 Å². The number of rotatable bonds is 3. The molecule has 1 aliphatic heterocycles. The van der Waals surface area contributed by atoms with Gasteiger partial charge in [0.2, 0.25) is 5.88 Å². The maximum absolute atomic E-state index is 6.02. The molecule has 1 fully saturated rings. The highest BCUT2D eigenvalue weighted by atomic mass is 16.5. The van der Waals surface area contributed by atoms with E-state index in [0.29, 0.717) is 11.7 Å². The van der Waals surface area contributed by atoms with Crippen LogP contribution in [0.25, 0.3) is 0 Å². The molecule has 0 atom stereocenters. The fraction of sp³-hybridized carbons (Fsp3) is 0.692. The van der Waals surface area contributed by atoms with Crippen LogP contribution in [0.3, 0.4) is 0 Å². The molecule has 5 heteroatoms. The Hall–Kier alpha value is -1.36. The van der Waals surface area contributed by atoms with Crippen molar-refractivity contribution in [2.24, 2.45) is 0 Å². The largest absolute Gasteiger partial charge is 0.474 e. The Morgan fingerprint density at radius 1 is 1.33 bits per heavy atom. The van der Waals surface area contributed by atoms with Crippen molar-refractivity contribution >= 4 is 5.82 Å². The minimum absolute atomic E-state index is 0.244. The molecule has 1 aromatic heterocycles. The van der Waals surface area contributed by atoms with Crippen LogP contribution in [0, 0.1) is 0 Å². The first kappa shape index (κ1) is 13.1. The third-order valence-corrected chi connectivity index (χ3v) is 3.40. The summed E-state index contributed by atoms with van der Waals surface area (Å²) < 4.78 is 6.02. The molecular weight excluding hydrogens is 228 g/mol. The molecule has 2 N–H and O–H groups in total. The molecular formula is C13H22N4O. The molecule has 0 radical (unpaired) electrons. The number of aromatic nitrogens is 2. The number of hydrogen-bond donors (Lipinski definition) is 1. The Morgan fingerprint density at radius 3 is 2.61 bits per heavy atom. The summed E-state index contributed by atoms with van der Waals surface area (Å²) in [6.45, 7) is 6.30. The Balaban J connectivity index is 2.11. The van der Waals surface area contributed by atoms with Crippen LogP contribution in [0.4, 0.5) is 5.82 Å². The molecule has 0 spiro atoms. The summed E-state index contributed by atoms with van der Waals surface area (Å²) >= 11 is 0. The van der Waals surface area contributed by atoms with Crippen LogP contribution in [-0.4, -0.2) is 41.1 Å². The van der Waals surface area contributed by atoms with Gasteiger partial charge in [-0.05, 0) is 25.8 Å². The van der Waals surface area contributed by atoms with E-state index >= 15 is 0 Å². The highest BCUT2D eigenvalue weighted by molar-refractivity contribution is 5.46. The second kappa shape index (κ2) is 5.52. The molecule has 0 aromatic carbocycles. The van der Waals surface area contributed by atoms with E-state index in [1.54, 1.807) is 0 Å². The summed E-state index contributed by atoms with van der Waals surface area (Å²) in [5.41, 5.74) is 6.84. The minimum Gasteiger partial charge on any atom is -0.474 e. The predicted octanol–water partition coefficient (Wildman–Crippen LogP) is 1.66. The van der Waals surface area contributed by atoms with E-state index in [0.717, 1.165) is 31.5 Å². The monoisotopic (exact) mass is 250 g/mol. The van der Waals surface area contributed by atoms with Gasteiger partial charge in [-0.25, -0.2) is 9.97 Å². The van der Waals surface area contributed by atoms with Crippen molar-refractivity contribution in [3.05, 3.63) is 11.9 Å². The maximum atomic E-state index is 6.02. The Kier molecular flexibility index (Phi) is 4.01. The number of hydrogen-bond acceptors (Lipinski definition) is 5. The molecule has 100 valence electrons. The van der Waals surface area contributed by atoms with Crippen molar-refractivity contribution in [2.75, 3.05) is 25.9 Å². The lowest BCUT2D eigenvalue weighted by atomic mass is 10.0. The van der Waals surface area contributed by atoms with Gasteiger partial charge < -0.3 is 15.4 Å². The van der Waals surface area contributed by atoms with Crippen molar-refractivity contribution < 1.29 is 4.74 Å². The van der Waals surface area contributed by atoms with Crippen LogP contribution in [0.1, 0.15) is 38.2 Å². The lowest BCUT2D eigenvalue weighted by Crippen LogP contribution is -2.36. The van der Waals surface area contributed by atoms with Crippen molar-refractivity contribution in [3.8, 4) is 5.88 Å². The number of ether oxygens (including phenoxy) is 1. The summed E-state index contributed by atoms with van der Waals surface area (Å²) in [5, 5.41) is 0. The van der Waals surface area contributed by atoms with Gasteiger partial charge in [-0.15, -0.1) is 0 Å².